The summed E-state index contributed by atoms with van der Waals surface area (Å²) in [6.45, 7) is 6.49. The van der Waals surface area contributed by atoms with Gasteiger partial charge in [0.2, 0.25) is 11.8 Å². The number of benzene rings is 1. The molecule has 0 spiro atoms. The average molecular weight is 345 g/mol. The molecule has 25 heavy (non-hydrogen) atoms. The molecule has 6 heteroatoms. The molecule has 1 heterocycles. The topological polar surface area (TPSA) is 70.7 Å². The van der Waals surface area contributed by atoms with E-state index < -0.39 is 0 Å². The molecule has 0 radical (unpaired) electrons. The van der Waals surface area contributed by atoms with E-state index in [0.717, 1.165) is 24.1 Å². The first-order valence-electron chi connectivity index (χ1n) is 9.08. The van der Waals surface area contributed by atoms with Crippen LogP contribution >= 0.6 is 0 Å². The molecular formula is C19H27N3O3. The second-order valence-electron chi connectivity index (χ2n) is 6.93. The van der Waals surface area contributed by atoms with Gasteiger partial charge in [-0.3, -0.25) is 14.9 Å². The molecule has 1 saturated carbocycles. The molecule has 2 atom stereocenters. The van der Waals surface area contributed by atoms with Gasteiger partial charge < -0.3 is 15.0 Å². The Kier molecular flexibility index (Phi) is 5.71. The molecule has 1 aromatic carbocycles. The van der Waals surface area contributed by atoms with E-state index in [1.807, 2.05) is 43.0 Å². The van der Waals surface area contributed by atoms with Crippen LogP contribution in [0.4, 0.5) is 5.69 Å². The highest BCUT2D eigenvalue weighted by Gasteiger charge is 2.29. The highest BCUT2D eigenvalue weighted by Crippen LogP contribution is 2.30. The second kappa shape index (κ2) is 7.97. The first-order valence-corrected chi connectivity index (χ1v) is 9.08. The number of morpholine rings is 1. The van der Waals surface area contributed by atoms with E-state index in [2.05, 4.69) is 10.6 Å². The summed E-state index contributed by atoms with van der Waals surface area (Å²) in [6, 6.07) is 7.62. The number of carbonyl (C=O) groups is 2. The first-order chi connectivity index (χ1) is 12.0. The monoisotopic (exact) mass is 345 g/mol. The highest BCUT2D eigenvalue weighted by molar-refractivity contribution is 5.94. The van der Waals surface area contributed by atoms with Crippen LogP contribution in [0.3, 0.4) is 0 Å². The standard InChI is InChI=1S/C19H27N3O3/c1-13(20-14(2)19(24)22-9-11-25-12-10-22)15-5-7-17(8-6-15)21-18(23)16-3-4-16/h5-8,13-14,16,20H,3-4,9-12H2,1-2H3,(H,21,23)/t13-,14+/m0/s1. The van der Waals surface area contributed by atoms with Crippen LogP contribution < -0.4 is 10.6 Å². The van der Waals surface area contributed by atoms with Gasteiger partial charge in [-0.15, -0.1) is 0 Å². The smallest absolute Gasteiger partial charge is 0.239 e. The molecule has 6 nitrogen and oxygen atoms in total. The van der Waals surface area contributed by atoms with Crippen molar-refractivity contribution in [3.63, 3.8) is 0 Å². The maximum atomic E-state index is 12.5. The minimum absolute atomic E-state index is 0.0492. The first kappa shape index (κ1) is 17.9. The lowest BCUT2D eigenvalue weighted by atomic mass is 10.1. The summed E-state index contributed by atoms with van der Waals surface area (Å²) in [6.07, 6.45) is 2.00. The fourth-order valence-electron chi connectivity index (χ4n) is 3.05. The van der Waals surface area contributed by atoms with E-state index >= 15 is 0 Å². The quantitative estimate of drug-likeness (QED) is 0.826. The van der Waals surface area contributed by atoms with Crippen molar-refractivity contribution < 1.29 is 14.3 Å². The van der Waals surface area contributed by atoms with Crippen LogP contribution in [0.15, 0.2) is 24.3 Å². The van der Waals surface area contributed by atoms with Crippen molar-refractivity contribution in [2.24, 2.45) is 5.92 Å². The Morgan fingerprint density at radius 2 is 1.76 bits per heavy atom. The molecule has 2 amide bonds. The largest absolute Gasteiger partial charge is 0.378 e. The van der Waals surface area contributed by atoms with Crippen molar-refractivity contribution in [3.05, 3.63) is 29.8 Å². The number of rotatable bonds is 6. The predicted molar refractivity (Wildman–Crippen MR) is 96.2 cm³/mol. The van der Waals surface area contributed by atoms with Crippen molar-refractivity contribution in [1.29, 1.82) is 0 Å². The molecule has 3 rings (SSSR count). The van der Waals surface area contributed by atoms with E-state index in [9.17, 15) is 9.59 Å². The summed E-state index contributed by atoms with van der Waals surface area (Å²) in [5.74, 6) is 0.430. The van der Waals surface area contributed by atoms with Gasteiger partial charge in [0.25, 0.3) is 0 Å². The van der Waals surface area contributed by atoms with E-state index in [1.54, 1.807) is 0 Å². The summed E-state index contributed by atoms with van der Waals surface area (Å²) in [7, 11) is 0. The Morgan fingerprint density at radius 1 is 1.12 bits per heavy atom. The van der Waals surface area contributed by atoms with Gasteiger partial charge in [0.05, 0.1) is 19.3 Å². The van der Waals surface area contributed by atoms with Crippen molar-refractivity contribution in [3.8, 4) is 0 Å². The Balaban J connectivity index is 1.52. The normalized spacial score (nSPS) is 20.0. The van der Waals surface area contributed by atoms with E-state index in [-0.39, 0.29) is 29.8 Å². The number of ether oxygens (including phenoxy) is 1. The van der Waals surface area contributed by atoms with Crippen LogP contribution in [0.5, 0.6) is 0 Å². The summed E-state index contributed by atoms with van der Waals surface area (Å²) in [5, 5.41) is 6.30. The fraction of sp³-hybridized carbons (Fsp3) is 0.579. The average Bonchev–Trinajstić information content (AvgIpc) is 3.47. The van der Waals surface area contributed by atoms with Gasteiger partial charge in [0.1, 0.15) is 0 Å². The lowest BCUT2D eigenvalue weighted by Crippen LogP contribution is -2.49. The van der Waals surface area contributed by atoms with Gasteiger partial charge in [0, 0.05) is 30.7 Å². The number of nitrogens with zero attached hydrogens (tertiary/aromatic N) is 1. The van der Waals surface area contributed by atoms with E-state index in [4.69, 9.17) is 4.74 Å². The van der Waals surface area contributed by atoms with E-state index in [1.165, 1.54) is 0 Å². The molecule has 1 aliphatic heterocycles. The Labute approximate surface area is 148 Å². The van der Waals surface area contributed by atoms with Crippen LogP contribution in [0.25, 0.3) is 0 Å². The lowest BCUT2D eigenvalue weighted by Gasteiger charge is -2.30. The fourth-order valence-corrected chi connectivity index (χ4v) is 3.05. The van der Waals surface area contributed by atoms with Gasteiger partial charge in [0.15, 0.2) is 0 Å². The molecule has 0 unspecified atom stereocenters. The number of anilines is 1. The minimum Gasteiger partial charge on any atom is -0.378 e. The zero-order valence-corrected chi connectivity index (χ0v) is 15.0. The molecule has 2 fully saturated rings. The minimum atomic E-state index is -0.248. The van der Waals surface area contributed by atoms with Crippen molar-refractivity contribution >= 4 is 17.5 Å². The van der Waals surface area contributed by atoms with Gasteiger partial charge in [-0.2, -0.15) is 0 Å². The van der Waals surface area contributed by atoms with Gasteiger partial charge in [-0.1, -0.05) is 12.1 Å². The molecule has 2 N–H and O–H groups in total. The Hall–Kier alpha value is -1.92. The maximum absolute atomic E-state index is 12.5. The lowest BCUT2D eigenvalue weighted by molar-refractivity contribution is -0.137. The van der Waals surface area contributed by atoms with Gasteiger partial charge in [-0.25, -0.2) is 0 Å². The van der Waals surface area contributed by atoms with Crippen molar-refractivity contribution in [2.75, 3.05) is 31.6 Å². The molecule has 1 aliphatic carbocycles. The Morgan fingerprint density at radius 3 is 2.36 bits per heavy atom. The molecular weight excluding hydrogens is 318 g/mol. The second-order valence-corrected chi connectivity index (χ2v) is 6.93. The summed E-state index contributed by atoms with van der Waals surface area (Å²) in [5.41, 5.74) is 1.91. The van der Waals surface area contributed by atoms with Crippen LogP contribution in [0.1, 0.15) is 38.3 Å². The molecule has 2 aliphatic rings. The van der Waals surface area contributed by atoms with Crippen LogP contribution in [-0.2, 0) is 14.3 Å². The van der Waals surface area contributed by atoms with Crippen molar-refractivity contribution in [2.45, 2.75) is 38.8 Å². The third-order valence-corrected chi connectivity index (χ3v) is 4.82. The molecule has 1 saturated heterocycles. The maximum Gasteiger partial charge on any atom is 0.239 e. The Bertz CT molecular complexity index is 607. The zero-order chi connectivity index (χ0) is 17.8. The molecule has 0 aromatic heterocycles. The van der Waals surface area contributed by atoms with Crippen LogP contribution in [0, 0.1) is 5.92 Å². The van der Waals surface area contributed by atoms with Crippen LogP contribution in [-0.4, -0.2) is 49.1 Å². The third-order valence-electron chi connectivity index (χ3n) is 4.82. The summed E-state index contributed by atoms with van der Waals surface area (Å²) < 4.78 is 5.29. The predicted octanol–water partition coefficient (Wildman–Crippen LogP) is 1.93. The molecule has 0 bridgehead atoms. The number of nitrogens with one attached hydrogen (secondary N) is 2. The third kappa shape index (κ3) is 4.80. The van der Waals surface area contributed by atoms with Crippen molar-refractivity contribution in [1.82, 2.24) is 10.2 Å². The SMILES string of the molecule is C[C@H](N[C@H](C)C(=O)N1CCOCC1)c1ccc(NC(=O)C2CC2)cc1. The number of hydrogen-bond donors (Lipinski definition) is 2. The molecule has 1 aromatic rings. The summed E-state index contributed by atoms with van der Waals surface area (Å²) >= 11 is 0. The van der Waals surface area contributed by atoms with Gasteiger partial charge in [-0.05, 0) is 44.4 Å². The zero-order valence-electron chi connectivity index (χ0n) is 15.0. The number of carbonyl (C=O) groups excluding carboxylic acids is 2. The number of hydrogen-bond acceptors (Lipinski definition) is 4. The van der Waals surface area contributed by atoms with Crippen LogP contribution in [0.2, 0.25) is 0 Å². The highest BCUT2D eigenvalue weighted by atomic mass is 16.5. The molecule has 136 valence electrons. The van der Waals surface area contributed by atoms with E-state index in [0.29, 0.717) is 26.3 Å². The number of amides is 2. The summed E-state index contributed by atoms with van der Waals surface area (Å²) in [4.78, 5) is 26.1. The van der Waals surface area contributed by atoms with Gasteiger partial charge >= 0.3 is 0 Å².